The van der Waals surface area contributed by atoms with Crippen LogP contribution in [0.3, 0.4) is 0 Å². The number of benzene rings is 1. The molecular weight excluding hydrogens is 268 g/mol. The predicted octanol–water partition coefficient (Wildman–Crippen LogP) is 1.37. The quantitative estimate of drug-likeness (QED) is 0.860. The van der Waals surface area contributed by atoms with Gasteiger partial charge in [-0.3, -0.25) is 4.79 Å². The van der Waals surface area contributed by atoms with Gasteiger partial charge >= 0.3 is 5.97 Å². The third kappa shape index (κ3) is 3.28. The standard InChI is InChI=1S/C15H18N4O2/c1-11-4-6-13(7-5-11)19-9-12(17-18-19)10-21-15(20)14-3-2-8-16-14/h4-7,9,14,16H,2-3,8,10H2,1H3/t14-/m0/s1. The average molecular weight is 286 g/mol. The lowest BCUT2D eigenvalue weighted by Gasteiger charge is -2.08. The molecule has 1 aliphatic heterocycles. The molecule has 1 saturated heterocycles. The Bertz CT molecular complexity index is 615. The van der Waals surface area contributed by atoms with Crippen molar-refractivity contribution in [1.82, 2.24) is 20.3 Å². The summed E-state index contributed by atoms with van der Waals surface area (Å²) < 4.78 is 6.94. The fraction of sp³-hybridized carbons (Fsp3) is 0.400. The minimum absolute atomic E-state index is 0.156. The van der Waals surface area contributed by atoms with E-state index >= 15 is 0 Å². The molecule has 1 atom stereocenters. The molecule has 1 N–H and O–H groups in total. The second-order valence-electron chi connectivity index (χ2n) is 5.25. The summed E-state index contributed by atoms with van der Waals surface area (Å²) in [6.07, 6.45) is 3.64. The summed E-state index contributed by atoms with van der Waals surface area (Å²) in [4.78, 5) is 11.8. The van der Waals surface area contributed by atoms with Crippen LogP contribution in [0.15, 0.2) is 30.5 Å². The SMILES string of the molecule is Cc1ccc(-n2cc(COC(=O)[C@@H]3CCCN3)nn2)cc1. The summed E-state index contributed by atoms with van der Waals surface area (Å²) in [5.41, 5.74) is 2.77. The second-order valence-corrected chi connectivity index (χ2v) is 5.25. The Morgan fingerprint density at radius 2 is 2.24 bits per heavy atom. The zero-order chi connectivity index (χ0) is 14.7. The molecule has 1 fully saturated rings. The van der Waals surface area contributed by atoms with Crippen molar-refractivity contribution in [3.63, 3.8) is 0 Å². The van der Waals surface area contributed by atoms with Crippen LogP contribution >= 0.6 is 0 Å². The van der Waals surface area contributed by atoms with E-state index in [4.69, 9.17) is 4.74 Å². The molecule has 2 aromatic rings. The number of carbonyl (C=O) groups is 1. The molecule has 6 heteroatoms. The average Bonchev–Trinajstić information content (AvgIpc) is 3.17. The molecule has 0 bridgehead atoms. The van der Waals surface area contributed by atoms with E-state index < -0.39 is 0 Å². The van der Waals surface area contributed by atoms with Crippen molar-refractivity contribution in [2.45, 2.75) is 32.4 Å². The number of aryl methyl sites for hydroxylation is 1. The summed E-state index contributed by atoms with van der Waals surface area (Å²) in [5.74, 6) is -0.211. The van der Waals surface area contributed by atoms with Gasteiger partial charge in [-0.25, -0.2) is 4.68 Å². The van der Waals surface area contributed by atoms with Crippen molar-refractivity contribution in [3.8, 4) is 5.69 Å². The number of ether oxygens (including phenoxy) is 1. The van der Waals surface area contributed by atoms with Crippen LogP contribution in [0, 0.1) is 6.92 Å². The van der Waals surface area contributed by atoms with Crippen molar-refractivity contribution >= 4 is 5.97 Å². The normalized spacial score (nSPS) is 17.9. The van der Waals surface area contributed by atoms with Gasteiger partial charge in [0.05, 0.1) is 11.9 Å². The number of nitrogens with zero attached hydrogens (tertiary/aromatic N) is 3. The topological polar surface area (TPSA) is 69.0 Å². The van der Waals surface area contributed by atoms with Crippen LogP contribution in [0.2, 0.25) is 0 Å². The number of rotatable bonds is 4. The highest BCUT2D eigenvalue weighted by Crippen LogP contribution is 2.10. The van der Waals surface area contributed by atoms with Gasteiger partial charge in [0.15, 0.2) is 0 Å². The van der Waals surface area contributed by atoms with Gasteiger partial charge < -0.3 is 10.1 Å². The molecule has 1 aliphatic rings. The van der Waals surface area contributed by atoms with E-state index in [-0.39, 0.29) is 18.6 Å². The van der Waals surface area contributed by atoms with Gasteiger partial charge in [-0.05, 0) is 38.4 Å². The van der Waals surface area contributed by atoms with E-state index in [1.807, 2.05) is 31.2 Å². The van der Waals surface area contributed by atoms with Crippen molar-refractivity contribution in [2.24, 2.45) is 0 Å². The van der Waals surface area contributed by atoms with E-state index in [1.165, 1.54) is 5.56 Å². The number of nitrogens with one attached hydrogen (secondary N) is 1. The summed E-state index contributed by atoms with van der Waals surface area (Å²) in [5, 5.41) is 11.2. The van der Waals surface area contributed by atoms with Crippen LogP contribution in [-0.4, -0.2) is 33.5 Å². The van der Waals surface area contributed by atoms with Crippen LogP contribution < -0.4 is 5.32 Å². The lowest BCUT2D eigenvalue weighted by molar-refractivity contribution is -0.147. The first-order valence-corrected chi connectivity index (χ1v) is 7.11. The Balaban J connectivity index is 1.60. The van der Waals surface area contributed by atoms with Crippen molar-refractivity contribution in [3.05, 3.63) is 41.7 Å². The highest BCUT2D eigenvalue weighted by atomic mass is 16.5. The molecule has 0 aliphatic carbocycles. The zero-order valence-corrected chi connectivity index (χ0v) is 12.0. The van der Waals surface area contributed by atoms with E-state index in [0.717, 1.165) is 25.1 Å². The lowest BCUT2D eigenvalue weighted by Crippen LogP contribution is -2.32. The van der Waals surface area contributed by atoms with Crippen LogP contribution in [0.4, 0.5) is 0 Å². The Labute approximate surface area is 123 Å². The monoisotopic (exact) mass is 286 g/mol. The van der Waals surface area contributed by atoms with Crippen LogP contribution in [-0.2, 0) is 16.1 Å². The summed E-state index contributed by atoms with van der Waals surface area (Å²) in [6.45, 7) is 3.07. The molecule has 110 valence electrons. The minimum atomic E-state index is -0.211. The number of hydrogen-bond acceptors (Lipinski definition) is 5. The molecule has 0 unspecified atom stereocenters. The first-order valence-electron chi connectivity index (χ1n) is 7.11. The van der Waals surface area contributed by atoms with Crippen LogP contribution in [0.1, 0.15) is 24.1 Å². The summed E-state index contributed by atoms with van der Waals surface area (Å²) in [7, 11) is 0. The third-order valence-electron chi connectivity index (χ3n) is 3.55. The molecule has 0 spiro atoms. The van der Waals surface area contributed by atoms with Crippen molar-refractivity contribution in [1.29, 1.82) is 0 Å². The van der Waals surface area contributed by atoms with E-state index in [9.17, 15) is 4.79 Å². The van der Waals surface area contributed by atoms with E-state index in [2.05, 4.69) is 15.6 Å². The van der Waals surface area contributed by atoms with Gasteiger partial charge in [0.2, 0.25) is 0 Å². The lowest BCUT2D eigenvalue weighted by atomic mass is 10.2. The smallest absolute Gasteiger partial charge is 0.323 e. The minimum Gasteiger partial charge on any atom is -0.458 e. The second kappa shape index (κ2) is 6.05. The van der Waals surface area contributed by atoms with Crippen LogP contribution in [0.5, 0.6) is 0 Å². The third-order valence-corrected chi connectivity index (χ3v) is 3.55. The highest BCUT2D eigenvalue weighted by molar-refractivity contribution is 5.76. The molecule has 2 heterocycles. The van der Waals surface area contributed by atoms with E-state index in [0.29, 0.717) is 5.69 Å². The maximum absolute atomic E-state index is 11.8. The predicted molar refractivity (Wildman–Crippen MR) is 76.9 cm³/mol. The molecule has 6 nitrogen and oxygen atoms in total. The van der Waals surface area contributed by atoms with Gasteiger partial charge in [-0.1, -0.05) is 22.9 Å². The maximum atomic E-state index is 11.8. The van der Waals surface area contributed by atoms with Gasteiger partial charge in [-0.2, -0.15) is 0 Å². The molecular formula is C15H18N4O2. The fourth-order valence-corrected chi connectivity index (χ4v) is 2.32. The first-order chi connectivity index (χ1) is 10.2. The maximum Gasteiger partial charge on any atom is 0.323 e. The molecule has 0 saturated carbocycles. The van der Waals surface area contributed by atoms with E-state index in [1.54, 1.807) is 10.9 Å². The largest absolute Gasteiger partial charge is 0.458 e. The molecule has 1 aromatic carbocycles. The zero-order valence-electron chi connectivity index (χ0n) is 12.0. The summed E-state index contributed by atoms with van der Waals surface area (Å²) in [6, 6.07) is 7.81. The number of esters is 1. The van der Waals surface area contributed by atoms with Gasteiger partial charge in [0.25, 0.3) is 0 Å². The molecule has 1 aromatic heterocycles. The molecule has 3 rings (SSSR count). The van der Waals surface area contributed by atoms with Crippen LogP contribution in [0.25, 0.3) is 5.69 Å². The number of hydrogen-bond donors (Lipinski definition) is 1. The van der Waals surface area contributed by atoms with Gasteiger partial charge in [-0.15, -0.1) is 5.10 Å². The Kier molecular flexibility index (Phi) is 3.96. The summed E-state index contributed by atoms with van der Waals surface area (Å²) >= 11 is 0. The van der Waals surface area contributed by atoms with Gasteiger partial charge in [0, 0.05) is 0 Å². The molecule has 0 amide bonds. The molecule has 0 radical (unpaired) electrons. The fourth-order valence-electron chi connectivity index (χ4n) is 2.32. The molecule has 21 heavy (non-hydrogen) atoms. The van der Waals surface area contributed by atoms with Crippen molar-refractivity contribution < 1.29 is 9.53 Å². The Hall–Kier alpha value is -2.21. The van der Waals surface area contributed by atoms with Gasteiger partial charge in [0.1, 0.15) is 18.3 Å². The number of carbonyl (C=O) groups excluding carboxylic acids is 1. The first kappa shape index (κ1) is 13.8. The Morgan fingerprint density at radius 1 is 1.43 bits per heavy atom. The number of aromatic nitrogens is 3. The highest BCUT2D eigenvalue weighted by Gasteiger charge is 2.23. The Morgan fingerprint density at radius 3 is 2.95 bits per heavy atom. The van der Waals surface area contributed by atoms with Crippen molar-refractivity contribution in [2.75, 3.05) is 6.54 Å².